The molecule has 3 aromatic heterocycles. The van der Waals surface area contributed by atoms with E-state index in [1.54, 1.807) is 11.1 Å². The molecule has 2 fully saturated rings. The van der Waals surface area contributed by atoms with E-state index in [0.29, 0.717) is 48.6 Å². The fourth-order valence-corrected chi connectivity index (χ4v) is 5.17. The highest BCUT2D eigenvalue weighted by Gasteiger charge is 2.36. The quantitative estimate of drug-likeness (QED) is 0.545. The van der Waals surface area contributed by atoms with Gasteiger partial charge in [0.25, 0.3) is 5.91 Å². The number of hydrogen-bond donors (Lipinski definition) is 1. The van der Waals surface area contributed by atoms with Crippen molar-refractivity contribution < 1.29 is 18.7 Å². The second-order valence-corrected chi connectivity index (χ2v) is 10.1. The number of aromatic nitrogens is 4. The number of ether oxygens (including phenoxy) is 1. The minimum atomic E-state index is -0.431. The summed E-state index contributed by atoms with van der Waals surface area (Å²) in [6, 6.07) is 1.06. The van der Waals surface area contributed by atoms with E-state index >= 15 is 0 Å². The third-order valence-electron chi connectivity index (χ3n) is 6.25. The van der Waals surface area contributed by atoms with Gasteiger partial charge in [0.15, 0.2) is 11.3 Å². The van der Waals surface area contributed by atoms with Crippen LogP contribution < -0.4 is 5.32 Å². The summed E-state index contributed by atoms with van der Waals surface area (Å²) < 4.78 is 19.5. The van der Waals surface area contributed by atoms with Gasteiger partial charge < -0.3 is 15.0 Å². The summed E-state index contributed by atoms with van der Waals surface area (Å²) in [5.41, 5.74) is 1.37. The first-order chi connectivity index (χ1) is 16.4. The van der Waals surface area contributed by atoms with Gasteiger partial charge in [0.05, 0.1) is 23.9 Å². The zero-order valence-corrected chi connectivity index (χ0v) is 19.8. The molecular weight excluding hydrogens is 459 g/mol. The molecule has 5 heterocycles. The summed E-state index contributed by atoms with van der Waals surface area (Å²) in [6.45, 7) is 5.90. The van der Waals surface area contributed by atoms with Gasteiger partial charge in [-0.05, 0) is 31.9 Å². The number of thiazole rings is 1. The van der Waals surface area contributed by atoms with Gasteiger partial charge >= 0.3 is 0 Å². The molecule has 2 atom stereocenters. The van der Waals surface area contributed by atoms with E-state index in [2.05, 4.69) is 25.3 Å². The molecule has 3 aromatic rings. The summed E-state index contributed by atoms with van der Waals surface area (Å²) in [7, 11) is 0. The molecule has 2 aliphatic rings. The summed E-state index contributed by atoms with van der Waals surface area (Å²) in [5, 5.41) is 3.91. The van der Waals surface area contributed by atoms with Gasteiger partial charge in [0.2, 0.25) is 5.95 Å². The summed E-state index contributed by atoms with van der Waals surface area (Å²) in [4.78, 5) is 44.7. The molecule has 34 heavy (non-hydrogen) atoms. The number of anilines is 1. The maximum atomic E-state index is 13.6. The number of aryl methyl sites for hydroxylation is 1. The summed E-state index contributed by atoms with van der Waals surface area (Å²) in [6.07, 6.45) is 3.97. The molecule has 11 heteroatoms. The zero-order valence-electron chi connectivity index (χ0n) is 19.0. The largest absolute Gasteiger partial charge is 0.381 e. The monoisotopic (exact) mass is 484 g/mol. The minimum Gasteiger partial charge on any atom is -0.381 e. The molecule has 0 saturated carbocycles. The van der Waals surface area contributed by atoms with Crippen molar-refractivity contribution in [3.8, 4) is 0 Å². The van der Waals surface area contributed by atoms with Gasteiger partial charge in [-0.1, -0.05) is 0 Å². The van der Waals surface area contributed by atoms with Crippen LogP contribution in [0.15, 0.2) is 18.5 Å². The molecule has 2 aliphatic heterocycles. The molecule has 178 valence electrons. The van der Waals surface area contributed by atoms with Gasteiger partial charge in [-0.25, -0.2) is 14.4 Å². The molecule has 1 N–H and O–H groups in total. The van der Waals surface area contributed by atoms with Gasteiger partial charge in [-0.2, -0.15) is 4.98 Å². The first kappa shape index (κ1) is 22.7. The Labute approximate surface area is 199 Å². The number of amides is 1. The number of pyridine rings is 1. The second kappa shape index (κ2) is 9.30. The van der Waals surface area contributed by atoms with E-state index in [9.17, 15) is 14.0 Å². The number of carbonyl (C=O) groups is 2. The molecule has 9 nitrogen and oxygen atoms in total. The third-order valence-corrected chi connectivity index (χ3v) is 7.22. The number of Topliss-reactive ketones (excluding diaryl/α,β-unsaturated/α-hetero) is 1. The Morgan fingerprint density at radius 2 is 2.12 bits per heavy atom. The normalized spacial score (nSPS) is 19.3. The number of nitrogens with one attached hydrogen (secondary N) is 1. The zero-order chi connectivity index (χ0) is 23.8. The topological polar surface area (TPSA) is 110 Å². The van der Waals surface area contributed by atoms with Crippen molar-refractivity contribution >= 4 is 39.3 Å². The summed E-state index contributed by atoms with van der Waals surface area (Å²) >= 11 is 1.37. The highest BCUT2D eigenvalue weighted by atomic mass is 32.1. The lowest BCUT2D eigenvalue weighted by Gasteiger charge is -2.39. The number of halogens is 1. The van der Waals surface area contributed by atoms with Gasteiger partial charge in [0, 0.05) is 44.1 Å². The molecule has 0 aromatic carbocycles. The molecule has 5 rings (SSSR count). The molecule has 2 saturated heterocycles. The maximum Gasteiger partial charge on any atom is 0.274 e. The lowest BCUT2D eigenvalue weighted by Crippen LogP contribution is -2.51. The predicted octanol–water partition coefficient (Wildman–Crippen LogP) is 3.17. The van der Waals surface area contributed by atoms with Crippen LogP contribution in [0.5, 0.6) is 0 Å². The van der Waals surface area contributed by atoms with Crippen LogP contribution in [0.25, 0.3) is 10.3 Å². The van der Waals surface area contributed by atoms with Crippen molar-refractivity contribution in [2.75, 3.05) is 31.6 Å². The second-order valence-electron chi connectivity index (χ2n) is 8.89. The Balaban J connectivity index is 1.31. The Kier molecular flexibility index (Phi) is 6.22. The molecule has 0 bridgehead atoms. The predicted molar refractivity (Wildman–Crippen MR) is 124 cm³/mol. The van der Waals surface area contributed by atoms with E-state index in [4.69, 9.17) is 4.74 Å². The number of fused-ring (bicyclic) bond motifs is 1. The number of ketones is 1. The molecule has 0 spiro atoms. The van der Waals surface area contributed by atoms with Crippen molar-refractivity contribution in [2.45, 2.75) is 32.7 Å². The summed E-state index contributed by atoms with van der Waals surface area (Å²) in [5.74, 6) is -0.00586. The molecule has 0 aliphatic carbocycles. The van der Waals surface area contributed by atoms with Gasteiger partial charge in [-0.3, -0.25) is 14.6 Å². The highest BCUT2D eigenvalue weighted by Crippen LogP contribution is 2.30. The van der Waals surface area contributed by atoms with Crippen LogP contribution in [0.3, 0.4) is 0 Å². The number of nitrogens with zero attached hydrogens (tertiary/aromatic N) is 5. The van der Waals surface area contributed by atoms with Crippen molar-refractivity contribution in [2.24, 2.45) is 11.8 Å². The average Bonchev–Trinajstić information content (AvgIpc) is 3.44. The number of rotatable bonds is 7. The highest BCUT2D eigenvalue weighted by molar-refractivity contribution is 7.18. The fraction of sp³-hybridized carbons (Fsp3) is 0.478. The van der Waals surface area contributed by atoms with Crippen LogP contribution >= 0.6 is 11.3 Å². The smallest absolute Gasteiger partial charge is 0.274 e. The van der Waals surface area contributed by atoms with Crippen LogP contribution in [0.1, 0.15) is 46.9 Å². The number of carbonyl (C=O) groups excluding carboxylic acids is 2. The van der Waals surface area contributed by atoms with Gasteiger partial charge in [-0.15, -0.1) is 11.3 Å². The van der Waals surface area contributed by atoms with E-state index in [1.807, 2.05) is 13.8 Å². The van der Waals surface area contributed by atoms with Crippen molar-refractivity contribution in [1.29, 1.82) is 0 Å². The SMILES string of the molecule is Cc1nc2nc(NC(C)c3cncc(F)c3)nc(C(=O)N3CC(CC(=O)C4CCOC4)C3)c2s1. The minimum absolute atomic E-state index is 0.00433. The first-order valence-electron chi connectivity index (χ1n) is 11.3. The van der Waals surface area contributed by atoms with Crippen LogP contribution in [-0.2, 0) is 9.53 Å². The van der Waals surface area contributed by atoms with Crippen molar-refractivity contribution in [3.05, 3.63) is 40.5 Å². The number of likely N-dealkylation sites (tertiary alicyclic amines) is 1. The van der Waals surface area contributed by atoms with E-state index in [0.717, 1.165) is 17.6 Å². The Morgan fingerprint density at radius 3 is 2.85 bits per heavy atom. The van der Waals surface area contributed by atoms with Crippen LogP contribution in [-0.4, -0.2) is 62.8 Å². The number of hydrogen-bond acceptors (Lipinski definition) is 9. The Bertz CT molecular complexity index is 1240. The standard InChI is InChI=1S/C23H25FN6O3S/c1-12(16-6-17(24)8-25-7-16)26-23-28-19(20-21(29-23)27-13(2)34-20)22(32)30-9-14(10-30)5-18(31)15-3-4-33-11-15/h6-8,12,14-15H,3-5,9-11H2,1-2H3,(H,26,28,29). The van der Waals surface area contributed by atoms with Crippen LogP contribution in [0.2, 0.25) is 0 Å². The average molecular weight is 485 g/mol. The van der Waals surface area contributed by atoms with Crippen LogP contribution in [0.4, 0.5) is 10.3 Å². The van der Waals surface area contributed by atoms with E-state index in [-0.39, 0.29) is 41.2 Å². The molecule has 2 unspecified atom stereocenters. The first-order valence-corrected chi connectivity index (χ1v) is 12.1. The third kappa shape index (κ3) is 4.62. The molecule has 1 amide bonds. The lowest BCUT2D eigenvalue weighted by molar-refractivity contribution is -0.124. The molecule has 0 radical (unpaired) electrons. The van der Waals surface area contributed by atoms with E-state index in [1.165, 1.54) is 17.4 Å². The fourth-order valence-electron chi connectivity index (χ4n) is 4.33. The van der Waals surface area contributed by atoms with Crippen molar-refractivity contribution in [3.63, 3.8) is 0 Å². The van der Waals surface area contributed by atoms with Crippen molar-refractivity contribution in [1.82, 2.24) is 24.8 Å². The lowest BCUT2D eigenvalue weighted by atomic mass is 9.89. The Hall–Kier alpha value is -3.05. The van der Waals surface area contributed by atoms with Gasteiger partial charge in [0.1, 0.15) is 16.3 Å². The Morgan fingerprint density at radius 1 is 1.29 bits per heavy atom. The molecular formula is C23H25FN6O3S. The van der Waals surface area contributed by atoms with E-state index < -0.39 is 5.82 Å². The van der Waals surface area contributed by atoms with Crippen LogP contribution in [0, 0.1) is 24.6 Å². The maximum absolute atomic E-state index is 13.6.